The summed E-state index contributed by atoms with van der Waals surface area (Å²) in [5.41, 5.74) is 5.25. The van der Waals surface area contributed by atoms with Crippen LogP contribution in [0.15, 0.2) is 24.5 Å². The number of hydrogen-bond acceptors (Lipinski definition) is 5. The van der Waals surface area contributed by atoms with Crippen molar-refractivity contribution >= 4 is 29.6 Å². The Labute approximate surface area is 149 Å². The predicted molar refractivity (Wildman–Crippen MR) is 93.8 cm³/mol. The summed E-state index contributed by atoms with van der Waals surface area (Å²) >= 11 is 1.87. The third kappa shape index (κ3) is 4.62. The summed E-state index contributed by atoms with van der Waals surface area (Å²) in [6, 6.07) is 3.50. The molecule has 0 bridgehead atoms. The number of aromatic nitrogens is 1. The lowest BCUT2D eigenvalue weighted by Gasteiger charge is -2.16. The van der Waals surface area contributed by atoms with Crippen LogP contribution in [0.1, 0.15) is 36.0 Å². The zero-order valence-corrected chi connectivity index (χ0v) is 14.5. The largest absolute Gasteiger partial charge is 0.332 e. The van der Waals surface area contributed by atoms with E-state index in [2.05, 4.69) is 26.5 Å². The van der Waals surface area contributed by atoms with Crippen LogP contribution in [0.2, 0.25) is 0 Å². The first-order valence-corrected chi connectivity index (χ1v) is 9.36. The lowest BCUT2D eigenvalue weighted by atomic mass is 10.0. The number of urea groups is 1. The van der Waals surface area contributed by atoms with Gasteiger partial charge in [0.25, 0.3) is 5.91 Å². The van der Waals surface area contributed by atoms with E-state index in [1.807, 2.05) is 11.8 Å². The van der Waals surface area contributed by atoms with E-state index in [-0.39, 0.29) is 29.9 Å². The SMILES string of the molecule is O=C(CCCC[C@@H]1SC[C@@H]2NC(=O)N[C@@H]21)NNC(=O)c1ccncc1. The smallest absolute Gasteiger partial charge is 0.315 e. The van der Waals surface area contributed by atoms with Gasteiger partial charge in [-0.25, -0.2) is 4.79 Å². The minimum atomic E-state index is -0.367. The van der Waals surface area contributed by atoms with Crippen molar-refractivity contribution in [3.63, 3.8) is 0 Å². The van der Waals surface area contributed by atoms with Crippen molar-refractivity contribution in [3.8, 4) is 0 Å². The number of nitrogens with zero attached hydrogens (tertiary/aromatic N) is 1. The maximum atomic E-state index is 11.8. The van der Waals surface area contributed by atoms with E-state index >= 15 is 0 Å². The summed E-state index contributed by atoms with van der Waals surface area (Å²) in [5, 5.41) is 6.28. The molecule has 1 aromatic heterocycles. The molecule has 3 rings (SSSR count). The van der Waals surface area contributed by atoms with E-state index in [9.17, 15) is 14.4 Å². The number of nitrogens with one attached hydrogen (secondary N) is 4. The summed E-state index contributed by atoms with van der Waals surface area (Å²) in [5.74, 6) is 0.360. The van der Waals surface area contributed by atoms with Crippen molar-refractivity contribution in [1.29, 1.82) is 0 Å². The maximum Gasteiger partial charge on any atom is 0.315 e. The van der Waals surface area contributed by atoms with Crippen LogP contribution in [0.4, 0.5) is 4.79 Å². The van der Waals surface area contributed by atoms with Gasteiger partial charge in [-0.2, -0.15) is 11.8 Å². The van der Waals surface area contributed by atoms with Crippen LogP contribution in [0.3, 0.4) is 0 Å². The van der Waals surface area contributed by atoms with Crippen molar-refractivity contribution in [3.05, 3.63) is 30.1 Å². The molecule has 0 spiro atoms. The Bertz CT molecular complexity index is 642. The zero-order chi connectivity index (χ0) is 17.6. The Morgan fingerprint density at radius 2 is 2.00 bits per heavy atom. The van der Waals surface area contributed by atoms with Crippen LogP contribution in [0.25, 0.3) is 0 Å². The second-order valence-electron chi connectivity index (χ2n) is 6.11. The number of hydrogen-bond donors (Lipinski definition) is 4. The summed E-state index contributed by atoms with van der Waals surface area (Å²) < 4.78 is 0. The number of hydrazine groups is 1. The molecular weight excluding hydrogens is 342 g/mol. The zero-order valence-electron chi connectivity index (χ0n) is 13.7. The molecule has 25 heavy (non-hydrogen) atoms. The number of pyridine rings is 1. The monoisotopic (exact) mass is 363 g/mol. The molecule has 4 amide bonds. The first-order valence-electron chi connectivity index (χ1n) is 8.31. The van der Waals surface area contributed by atoms with Crippen LogP contribution < -0.4 is 21.5 Å². The lowest BCUT2D eigenvalue weighted by molar-refractivity contribution is -0.122. The van der Waals surface area contributed by atoms with Gasteiger partial charge < -0.3 is 10.6 Å². The van der Waals surface area contributed by atoms with Crippen LogP contribution >= 0.6 is 11.8 Å². The fourth-order valence-corrected chi connectivity index (χ4v) is 4.58. The van der Waals surface area contributed by atoms with Gasteiger partial charge in [0.15, 0.2) is 0 Å². The summed E-state index contributed by atoms with van der Waals surface area (Å²) in [4.78, 5) is 38.7. The molecule has 1 aromatic rings. The molecule has 9 heteroatoms. The number of amides is 4. The number of unbranched alkanes of at least 4 members (excludes halogenated alkanes) is 1. The van der Waals surface area contributed by atoms with E-state index in [1.165, 1.54) is 12.4 Å². The number of thioether (sulfide) groups is 1. The van der Waals surface area contributed by atoms with E-state index < -0.39 is 0 Å². The standard InChI is InChI=1S/C16H21N5O3S/c22-13(20-21-15(23)10-5-7-17-8-6-10)4-2-1-3-12-14-11(9-25-12)18-16(24)19-14/h5-8,11-12,14H,1-4,9H2,(H,20,22)(H,21,23)(H2,18,19,24)/t11-,12-,14-/m0/s1. The van der Waals surface area contributed by atoms with Crippen LogP contribution in [0.5, 0.6) is 0 Å². The Balaban J connectivity index is 1.29. The summed E-state index contributed by atoms with van der Waals surface area (Å²) in [6.45, 7) is 0. The molecule has 2 fully saturated rings. The molecule has 134 valence electrons. The normalized spacial score (nSPS) is 24.2. The number of fused-ring (bicyclic) bond motifs is 1. The molecule has 2 aliphatic heterocycles. The highest BCUT2D eigenvalue weighted by Crippen LogP contribution is 2.33. The average Bonchev–Trinajstić information content (AvgIpc) is 3.17. The third-order valence-electron chi connectivity index (χ3n) is 4.34. The van der Waals surface area contributed by atoms with Gasteiger partial charge in [0.1, 0.15) is 0 Å². The van der Waals surface area contributed by atoms with E-state index in [1.54, 1.807) is 12.1 Å². The average molecular weight is 363 g/mol. The molecule has 0 saturated carbocycles. The first-order chi connectivity index (χ1) is 12.1. The Kier molecular flexibility index (Phi) is 5.75. The Morgan fingerprint density at radius 1 is 1.20 bits per heavy atom. The van der Waals surface area contributed by atoms with Gasteiger partial charge in [-0.05, 0) is 25.0 Å². The molecular formula is C16H21N5O3S. The third-order valence-corrected chi connectivity index (χ3v) is 5.85. The van der Waals surface area contributed by atoms with Crippen LogP contribution in [0, 0.1) is 0 Å². The minimum Gasteiger partial charge on any atom is -0.332 e. The Hall–Kier alpha value is -2.29. The second kappa shape index (κ2) is 8.19. The van der Waals surface area contributed by atoms with Gasteiger partial charge in [-0.3, -0.25) is 25.4 Å². The molecule has 0 aromatic carbocycles. The number of carbonyl (C=O) groups is 3. The summed E-state index contributed by atoms with van der Waals surface area (Å²) in [7, 11) is 0. The van der Waals surface area contributed by atoms with Crippen LogP contribution in [-0.2, 0) is 4.79 Å². The van der Waals surface area contributed by atoms with Gasteiger partial charge >= 0.3 is 6.03 Å². The highest BCUT2D eigenvalue weighted by molar-refractivity contribution is 8.00. The fraction of sp³-hybridized carbons (Fsp3) is 0.500. The van der Waals surface area contributed by atoms with Crippen molar-refractivity contribution < 1.29 is 14.4 Å². The second-order valence-corrected chi connectivity index (χ2v) is 7.38. The maximum absolute atomic E-state index is 11.8. The van der Waals surface area contributed by atoms with Crippen LogP contribution in [-0.4, -0.2) is 45.9 Å². The number of rotatable bonds is 6. The number of carbonyl (C=O) groups excluding carboxylic acids is 3. The van der Waals surface area contributed by atoms with E-state index in [0.717, 1.165) is 25.0 Å². The molecule has 3 atom stereocenters. The quantitative estimate of drug-likeness (QED) is 0.335. The van der Waals surface area contributed by atoms with E-state index in [4.69, 9.17) is 0 Å². The van der Waals surface area contributed by atoms with Gasteiger partial charge in [0.05, 0.1) is 12.1 Å². The molecule has 2 saturated heterocycles. The molecule has 0 unspecified atom stereocenters. The fourth-order valence-electron chi connectivity index (χ4n) is 3.04. The van der Waals surface area contributed by atoms with Crippen molar-refractivity contribution in [2.45, 2.75) is 43.0 Å². The van der Waals surface area contributed by atoms with Gasteiger partial charge in [-0.15, -0.1) is 0 Å². The van der Waals surface area contributed by atoms with Gasteiger partial charge in [-0.1, -0.05) is 6.42 Å². The predicted octanol–water partition coefficient (Wildman–Crippen LogP) is 0.568. The lowest BCUT2D eigenvalue weighted by Crippen LogP contribution is -2.41. The van der Waals surface area contributed by atoms with Gasteiger partial charge in [0.2, 0.25) is 5.91 Å². The van der Waals surface area contributed by atoms with Crippen molar-refractivity contribution in [2.24, 2.45) is 0 Å². The molecule has 0 radical (unpaired) electrons. The van der Waals surface area contributed by atoms with Gasteiger partial charge in [0, 0.05) is 35.4 Å². The molecule has 0 aliphatic carbocycles. The van der Waals surface area contributed by atoms with Crippen molar-refractivity contribution in [1.82, 2.24) is 26.5 Å². The molecule has 2 aliphatic rings. The molecule has 4 N–H and O–H groups in total. The molecule has 8 nitrogen and oxygen atoms in total. The highest BCUT2D eigenvalue weighted by atomic mass is 32.2. The first kappa shape index (κ1) is 17.5. The van der Waals surface area contributed by atoms with Crippen molar-refractivity contribution in [2.75, 3.05) is 5.75 Å². The minimum absolute atomic E-state index is 0.0791. The molecule has 3 heterocycles. The Morgan fingerprint density at radius 3 is 2.80 bits per heavy atom. The highest BCUT2D eigenvalue weighted by Gasteiger charge is 2.42. The topological polar surface area (TPSA) is 112 Å². The summed E-state index contributed by atoms with van der Waals surface area (Å²) in [6.07, 6.45) is 6.00. The van der Waals surface area contributed by atoms with E-state index in [0.29, 0.717) is 17.2 Å².